The van der Waals surface area contributed by atoms with Gasteiger partial charge in [-0.2, -0.15) is 4.57 Å². The number of benzene rings is 12. The van der Waals surface area contributed by atoms with E-state index in [1.54, 1.807) is 0 Å². The van der Waals surface area contributed by atoms with Gasteiger partial charge in [-0.05, 0) is 102 Å². The Kier molecular flexibility index (Phi) is 9.75. The number of hydrogen-bond acceptors (Lipinski definition) is 2. The van der Waals surface area contributed by atoms with Gasteiger partial charge < -0.3 is 9.13 Å². The summed E-state index contributed by atoms with van der Waals surface area (Å²) in [5.41, 5.74) is 11.4. The average molecular weight is 1090 g/mol. The molecule has 0 saturated carbocycles. The maximum Gasteiger partial charge on any atom is 0.367 e. The summed E-state index contributed by atoms with van der Waals surface area (Å²) < 4.78 is 9.73. The summed E-state index contributed by atoms with van der Waals surface area (Å²) in [7, 11) is -6.16. The van der Waals surface area contributed by atoms with Crippen molar-refractivity contribution in [2.75, 3.05) is 0 Å². The monoisotopic (exact) mass is 1090 g/mol. The molecule has 0 amide bonds. The van der Waals surface area contributed by atoms with E-state index in [-0.39, 0.29) is 0 Å². The number of hydrogen-bond donors (Lipinski definition) is 0. The SMILES string of the molecule is c1ccc([Si]2(c3ccccc3)c3ccccc3-n3c4ccccc4c4cc(-c5nc[n+](-c6cc7c8c(c6)c6ccccc6n8-c6ccccc6[Si]7(c6ccccc6)c6ccccc6)c(-n6c7ccccc7c7ccccc76)n5)cc2c43)cc1. The second kappa shape index (κ2) is 17.5. The van der Waals surface area contributed by atoms with Gasteiger partial charge in [-0.1, -0.05) is 236 Å². The lowest BCUT2D eigenvalue weighted by molar-refractivity contribution is -0.596. The maximum absolute atomic E-state index is 6.02. The molecule has 0 spiro atoms. The Bertz CT molecular complexity index is 5210. The zero-order valence-electron chi connectivity index (χ0n) is 45.0. The molecule has 18 rings (SSSR count). The molecule has 83 heavy (non-hydrogen) atoms. The summed E-state index contributed by atoms with van der Waals surface area (Å²) in [6.45, 7) is 0. The zero-order chi connectivity index (χ0) is 54.4. The molecule has 0 unspecified atom stereocenters. The largest absolute Gasteiger partial charge is 0.367 e. The third kappa shape index (κ3) is 6.17. The van der Waals surface area contributed by atoms with Gasteiger partial charge in [0.05, 0.1) is 27.8 Å². The Morgan fingerprint density at radius 3 is 1.12 bits per heavy atom. The molecule has 6 nitrogen and oxygen atoms in total. The molecule has 0 aliphatic carbocycles. The van der Waals surface area contributed by atoms with Gasteiger partial charge in [0, 0.05) is 49.3 Å². The Hall–Kier alpha value is -10.5. The molecular weight excluding hydrogens is 1040 g/mol. The average Bonchev–Trinajstić information content (AvgIpc) is 1.76. The Balaban J connectivity index is 0.982. The predicted octanol–water partition coefficient (Wildman–Crippen LogP) is 11.1. The van der Waals surface area contributed by atoms with Crippen molar-refractivity contribution in [3.05, 3.63) is 298 Å². The van der Waals surface area contributed by atoms with E-state index in [0.717, 1.165) is 28.2 Å². The molecule has 0 saturated heterocycles. The second-order valence-electron chi connectivity index (χ2n) is 22.2. The van der Waals surface area contributed by atoms with Gasteiger partial charge in [-0.3, -0.25) is 0 Å². The van der Waals surface area contributed by atoms with Gasteiger partial charge in [-0.15, -0.1) is 4.98 Å². The summed E-state index contributed by atoms with van der Waals surface area (Å²) >= 11 is 0. The van der Waals surface area contributed by atoms with Crippen LogP contribution in [-0.2, 0) is 0 Å². The van der Waals surface area contributed by atoms with E-state index >= 15 is 0 Å². The van der Waals surface area contributed by atoms with Crippen molar-refractivity contribution in [2.24, 2.45) is 0 Å². The summed E-state index contributed by atoms with van der Waals surface area (Å²) in [6, 6.07) is 109. The molecule has 0 atom stereocenters. The number of rotatable bonds is 7. The van der Waals surface area contributed by atoms with Crippen LogP contribution in [0.25, 0.3) is 99.8 Å². The predicted molar refractivity (Wildman–Crippen MR) is 346 cm³/mol. The quantitative estimate of drug-likeness (QED) is 0.118. The van der Waals surface area contributed by atoms with Crippen LogP contribution in [0.4, 0.5) is 0 Å². The lowest BCUT2D eigenvalue weighted by Crippen LogP contribution is -2.76. The van der Waals surface area contributed by atoms with Gasteiger partial charge in [-0.25, -0.2) is 4.57 Å². The minimum Gasteiger partial charge on any atom is -0.309 e. The highest BCUT2D eigenvalue weighted by Gasteiger charge is 2.50. The molecule has 386 valence electrons. The Morgan fingerprint density at radius 2 is 0.663 bits per heavy atom. The molecular formula is C75H49N6Si2+. The van der Waals surface area contributed by atoms with Gasteiger partial charge in [0.1, 0.15) is 11.0 Å². The highest BCUT2D eigenvalue weighted by molar-refractivity contribution is 7.22. The van der Waals surface area contributed by atoms with Crippen molar-refractivity contribution >= 4 is 123 Å². The highest BCUT2D eigenvalue weighted by atomic mass is 28.3. The van der Waals surface area contributed by atoms with Crippen LogP contribution in [0, 0.1) is 0 Å². The smallest absolute Gasteiger partial charge is 0.309 e. The van der Waals surface area contributed by atoms with Gasteiger partial charge in [0.2, 0.25) is 6.33 Å². The molecule has 16 aromatic rings. The van der Waals surface area contributed by atoms with Crippen molar-refractivity contribution in [3.8, 4) is 34.4 Å². The molecule has 2 aliphatic rings. The summed E-state index contributed by atoms with van der Waals surface area (Å²) in [5, 5.41) is 17.8. The number of fused-ring (bicyclic) bond motifs is 13. The summed E-state index contributed by atoms with van der Waals surface area (Å²) in [6.07, 6.45) is 2.06. The van der Waals surface area contributed by atoms with Crippen LogP contribution < -0.4 is 46.1 Å². The van der Waals surface area contributed by atoms with Crippen molar-refractivity contribution in [3.63, 3.8) is 0 Å². The van der Waals surface area contributed by atoms with Crippen LogP contribution in [0.2, 0.25) is 0 Å². The van der Waals surface area contributed by atoms with Gasteiger partial charge in [0.25, 0.3) is 5.82 Å². The van der Waals surface area contributed by atoms with Crippen LogP contribution in [0.3, 0.4) is 0 Å². The summed E-state index contributed by atoms with van der Waals surface area (Å²) in [4.78, 5) is 11.7. The minimum absolute atomic E-state index is 0.654. The molecule has 0 bridgehead atoms. The second-order valence-corrected chi connectivity index (χ2v) is 29.7. The van der Waals surface area contributed by atoms with Crippen LogP contribution in [0.5, 0.6) is 0 Å². The number of para-hydroxylation sites is 6. The number of nitrogens with zero attached hydrogens (tertiary/aromatic N) is 6. The van der Waals surface area contributed by atoms with E-state index in [9.17, 15) is 0 Å². The van der Waals surface area contributed by atoms with E-state index in [1.165, 1.54) is 107 Å². The standard InChI is InChI=1S/C75H49N6Si2/c1-5-25-52(26-6-1)82(53-27-7-2-8-28-53)68-43-23-21-41-66(68)79-62-37-17-15-35-58(62)60-45-50(46-70(82)72(60)79)74-76-49-78(75(77-74)81-64-39-19-13-33-56(64)57-34-14-20-40-65(57)81)51-47-61-59-36-16-18-38-63(59)80-67-42-22-24-44-69(67)83(71(48-51)73(61)80,54-29-9-3-10-30-54)55-31-11-4-12-32-55/h1-49H/q+1. The molecule has 6 heterocycles. The normalized spacial score (nSPS) is 13.7. The fraction of sp³-hybridized carbons (Fsp3) is 0. The van der Waals surface area contributed by atoms with E-state index in [0.29, 0.717) is 5.82 Å². The first kappa shape index (κ1) is 46.3. The topological polar surface area (TPSA) is 44.5 Å². The van der Waals surface area contributed by atoms with Crippen molar-refractivity contribution < 1.29 is 4.57 Å². The van der Waals surface area contributed by atoms with Crippen molar-refractivity contribution in [1.82, 2.24) is 23.7 Å². The highest BCUT2D eigenvalue weighted by Crippen LogP contribution is 2.40. The third-order valence-electron chi connectivity index (χ3n) is 18.3. The fourth-order valence-electron chi connectivity index (χ4n) is 15.1. The van der Waals surface area contributed by atoms with Crippen LogP contribution in [0.1, 0.15) is 0 Å². The zero-order valence-corrected chi connectivity index (χ0v) is 47.0. The molecule has 8 heteroatoms. The first-order chi connectivity index (χ1) is 41.2. The van der Waals surface area contributed by atoms with E-state index in [4.69, 9.17) is 9.97 Å². The van der Waals surface area contributed by atoms with E-state index < -0.39 is 16.1 Å². The van der Waals surface area contributed by atoms with Crippen LogP contribution in [0.15, 0.2) is 298 Å². The van der Waals surface area contributed by atoms with Gasteiger partial charge >= 0.3 is 5.95 Å². The molecule has 0 radical (unpaired) electrons. The first-order valence-corrected chi connectivity index (χ1v) is 32.6. The van der Waals surface area contributed by atoms with E-state index in [2.05, 4.69) is 316 Å². The van der Waals surface area contributed by atoms with Crippen molar-refractivity contribution in [2.45, 2.75) is 0 Å². The molecule has 4 aromatic heterocycles. The Morgan fingerprint density at radius 1 is 0.301 bits per heavy atom. The molecule has 12 aromatic carbocycles. The fourth-order valence-corrected chi connectivity index (χ4v) is 25.4. The first-order valence-electron chi connectivity index (χ1n) is 28.6. The summed E-state index contributed by atoms with van der Waals surface area (Å²) in [5.74, 6) is 1.41. The lowest BCUT2D eigenvalue weighted by atomic mass is 10.1. The molecule has 2 aliphatic heterocycles. The molecule has 0 N–H and O–H groups in total. The van der Waals surface area contributed by atoms with Crippen LogP contribution in [-0.4, -0.2) is 39.8 Å². The third-order valence-corrected chi connectivity index (χ3v) is 27.9. The van der Waals surface area contributed by atoms with Gasteiger partial charge in [0.15, 0.2) is 16.1 Å². The minimum atomic E-state index is -3.09. The molecule has 0 fully saturated rings. The van der Waals surface area contributed by atoms with E-state index in [1.807, 2.05) is 0 Å². The Labute approximate surface area is 480 Å². The lowest BCUT2D eigenvalue weighted by Gasteiger charge is -2.40. The van der Waals surface area contributed by atoms with Crippen molar-refractivity contribution in [1.29, 1.82) is 0 Å². The maximum atomic E-state index is 6.02. The number of aromatic nitrogens is 6. The van der Waals surface area contributed by atoms with Crippen LogP contribution >= 0.6 is 0 Å².